The lowest BCUT2D eigenvalue weighted by Gasteiger charge is -2.18. The van der Waals surface area contributed by atoms with Gasteiger partial charge in [0.15, 0.2) is 0 Å². The normalized spacial score (nSPS) is 15.7. The van der Waals surface area contributed by atoms with Crippen molar-refractivity contribution in [2.75, 3.05) is 18.4 Å². The minimum absolute atomic E-state index is 0.842. The minimum Gasteiger partial charge on any atom is -0.380 e. The first-order valence-electron chi connectivity index (χ1n) is 7.09. The van der Waals surface area contributed by atoms with E-state index < -0.39 is 0 Å². The van der Waals surface area contributed by atoms with E-state index in [4.69, 9.17) is 11.6 Å². The van der Waals surface area contributed by atoms with Crippen LogP contribution in [0.1, 0.15) is 23.3 Å². The topological polar surface area (TPSA) is 15.3 Å². The molecule has 0 atom stereocenters. The monoisotopic (exact) mass is 306 g/mol. The minimum atomic E-state index is 0.842. The number of hydrogen-bond donors (Lipinski definition) is 1. The van der Waals surface area contributed by atoms with Crippen LogP contribution in [0.2, 0.25) is 4.34 Å². The molecule has 0 saturated carbocycles. The molecule has 0 bridgehead atoms. The number of para-hydroxylation sites is 1. The summed E-state index contributed by atoms with van der Waals surface area (Å²) in [6.07, 6.45) is 2.67. The van der Waals surface area contributed by atoms with Crippen LogP contribution < -0.4 is 5.32 Å². The fraction of sp³-hybridized carbons (Fsp3) is 0.375. The molecule has 20 heavy (non-hydrogen) atoms. The quantitative estimate of drug-likeness (QED) is 0.868. The molecule has 1 aliphatic rings. The summed E-state index contributed by atoms with van der Waals surface area (Å²) in [4.78, 5) is 3.80. The Hall–Kier alpha value is -1.03. The lowest BCUT2D eigenvalue weighted by Crippen LogP contribution is -2.19. The largest absolute Gasteiger partial charge is 0.380 e. The molecule has 1 saturated heterocycles. The van der Waals surface area contributed by atoms with Crippen molar-refractivity contribution in [3.8, 4) is 0 Å². The number of rotatable bonds is 5. The van der Waals surface area contributed by atoms with Crippen LogP contribution in [-0.2, 0) is 13.1 Å². The highest BCUT2D eigenvalue weighted by atomic mass is 35.5. The molecule has 0 radical (unpaired) electrons. The molecule has 0 unspecified atom stereocenters. The van der Waals surface area contributed by atoms with Crippen molar-refractivity contribution in [3.63, 3.8) is 0 Å². The molecule has 1 N–H and O–H groups in total. The van der Waals surface area contributed by atoms with Gasteiger partial charge in [0.05, 0.1) is 4.34 Å². The van der Waals surface area contributed by atoms with Gasteiger partial charge in [-0.3, -0.25) is 4.90 Å². The number of anilines is 1. The summed E-state index contributed by atoms with van der Waals surface area (Å²) in [5.74, 6) is 0. The Kier molecular flexibility index (Phi) is 4.61. The van der Waals surface area contributed by atoms with Crippen molar-refractivity contribution >= 4 is 28.6 Å². The fourth-order valence-corrected chi connectivity index (χ4v) is 3.67. The number of likely N-dealkylation sites (tertiary alicyclic amines) is 1. The van der Waals surface area contributed by atoms with Gasteiger partial charge in [0.25, 0.3) is 0 Å². The van der Waals surface area contributed by atoms with Crippen LogP contribution in [0.25, 0.3) is 0 Å². The molecular formula is C16H19ClN2S. The van der Waals surface area contributed by atoms with Gasteiger partial charge in [-0.25, -0.2) is 0 Å². The first-order chi connectivity index (χ1) is 9.81. The molecule has 3 rings (SSSR count). The molecule has 1 aromatic heterocycles. The van der Waals surface area contributed by atoms with E-state index >= 15 is 0 Å². The van der Waals surface area contributed by atoms with Crippen molar-refractivity contribution in [2.24, 2.45) is 0 Å². The number of nitrogens with zero attached hydrogens (tertiary/aromatic N) is 1. The van der Waals surface area contributed by atoms with E-state index in [1.807, 2.05) is 6.07 Å². The lowest BCUT2D eigenvalue weighted by atomic mass is 10.1. The highest BCUT2D eigenvalue weighted by molar-refractivity contribution is 7.16. The molecule has 2 aromatic rings. The summed E-state index contributed by atoms with van der Waals surface area (Å²) in [7, 11) is 0. The molecule has 2 nitrogen and oxygen atoms in total. The lowest BCUT2D eigenvalue weighted by molar-refractivity contribution is 0.332. The summed E-state index contributed by atoms with van der Waals surface area (Å²) in [6.45, 7) is 4.35. The maximum absolute atomic E-state index is 5.97. The van der Waals surface area contributed by atoms with Gasteiger partial charge in [-0.05, 0) is 49.7 Å². The van der Waals surface area contributed by atoms with Gasteiger partial charge in [0.1, 0.15) is 0 Å². The number of thiophene rings is 1. The maximum Gasteiger partial charge on any atom is 0.0931 e. The molecule has 0 spiro atoms. The molecule has 2 heterocycles. The Balaban J connectivity index is 1.65. The van der Waals surface area contributed by atoms with E-state index in [-0.39, 0.29) is 0 Å². The maximum atomic E-state index is 5.97. The summed E-state index contributed by atoms with van der Waals surface area (Å²) in [5, 5.41) is 3.54. The predicted molar refractivity (Wildman–Crippen MR) is 87.6 cm³/mol. The number of nitrogens with one attached hydrogen (secondary N) is 1. The Labute approximate surface area is 129 Å². The summed E-state index contributed by atoms with van der Waals surface area (Å²) >= 11 is 7.61. The third-order valence-electron chi connectivity index (χ3n) is 3.69. The zero-order valence-corrected chi connectivity index (χ0v) is 13.0. The average molecular weight is 307 g/mol. The third kappa shape index (κ3) is 3.54. The van der Waals surface area contributed by atoms with E-state index in [1.54, 1.807) is 11.3 Å². The second-order valence-corrected chi connectivity index (χ2v) is 7.00. The molecule has 0 aliphatic carbocycles. The van der Waals surface area contributed by atoms with E-state index in [1.165, 1.54) is 42.1 Å². The summed E-state index contributed by atoms with van der Waals surface area (Å²) in [6, 6.07) is 12.7. The molecule has 0 amide bonds. The fourth-order valence-electron chi connectivity index (χ4n) is 2.64. The zero-order valence-electron chi connectivity index (χ0n) is 11.4. The Morgan fingerprint density at radius 3 is 2.65 bits per heavy atom. The Morgan fingerprint density at radius 2 is 1.90 bits per heavy atom. The van der Waals surface area contributed by atoms with Gasteiger partial charge in [-0.1, -0.05) is 29.8 Å². The van der Waals surface area contributed by atoms with Gasteiger partial charge in [0, 0.05) is 23.7 Å². The highest BCUT2D eigenvalue weighted by Crippen LogP contribution is 2.24. The SMILES string of the molecule is Clc1ccc(CNc2ccccc2CN2CCCC2)s1. The van der Waals surface area contributed by atoms with Crippen LogP contribution in [0.5, 0.6) is 0 Å². The van der Waals surface area contributed by atoms with Crippen molar-refractivity contribution < 1.29 is 0 Å². The molecule has 4 heteroatoms. The zero-order chi connectivity index (χ0) is 13.8. The van der Waals surface area contributed by atoms with Crippen LogP contribution in [-0.4, -0.2) is 18.0 Å². The van der Waals surface area contributed by atoms with E-state index in [0.717, 1.165) is 17.4 Å². The Bertz CT molecular complexity index is 561. The molecule has 106 valence electrons. The summed E-state index contributed by atoms with van der Waals surface area (Å²) < 4.78 is 0.854. The molecule has 1 aromatic carbocycles. The van der Waals surface area contributed by atoms with Gasteiger partial charge < -0.3 is 5.32 Å². The molecule has 1 aliphatic heterocycles. The average Bonchev–Trinajstić information content (AvgIpc) is 3.10. The third-order valence-corrected chi connectivity index (χ3v) is 4.92. The van der Waals surface area contributed by atoms with Crippen LogP contribution in [0, 0.1) is 0 Å². The number of benzene rings is 1. The predicted octanol–water partition coefficient (Wildman–Crippen LogP) is 4.61. The first kappa shape index (κ1) is 13.9. The Morgan fingerprint density at radius 1 is 1.10 bits per heavy atom. The number of hydrogen-bond acceptors (Lipinski definition) is 3. The second-order valence-electron chi connectivity index (χ2n) is 5.20. The summed E-state index contributed by atoms with van der Waals surface area (Å²) in [5.41, 5.74) is 2.63. The smallest absolute Gasteiger partial charge is 0.0931 e. The van der Waals surface area contributed by atoms with Crippen molar-refractivity contribution in [1.82, 2.24) is 4.90 Å². The van der Waals surface area contributed by atoms with Crippen LogP contribution in [0.4, 0.5) is 5.69 Å². The van der Waals surface area contributed by atoms with Gasteiger partial charge in [0.2, 0.25) is 0 Å². The second kappa shape index (κ2) is 6.61. The van der Waals surface area contributed by atoms with E-state index in [0.29, 0.717) is 0 Å². The van der Waals surface area contributed by atoms with Gasteiger partial charge in [-0.15, -0.1) is 11.3 Å². The van der Waals surface area contributed by atoms with Crippen LogP contribution in [0.15, 0.2) is 36.4 Å². The van der Waals surface area contributed by atoms with Gasteiger partial charge in [-0.2, -0.15) is 0 Å². The molecular weight excluding hydrogens is 288 g/mol. The highest BCUT2D eigenvalue weighted by Gasteiger charge is 2.13. The first-order valence-corrected chi connectivity index (χ1v) is 8.29. The van der Waals surface area contributed by atoms with Crippen LogP contribution >= 0.6 is 22.9 Å². The van der Waals surface area contributed by atoms with Crippen molar-refractivity contribution in [2.45, 2.75) is 25.9 Å². The standard InChI is InChI=1S/C16H19ClN2S/c17-16-8-7-14(20-16)11-18-15-6-2-1-5-13(15)12-19-9-3-4-10-19/h1-2,5-8,18H,3-4,9-12H2. The molecule has 1 fully saturated rings. The van der Waals surface area contributed by atoms with E-state index in [2.05, 4.69) is 40.5 Å². The number of halogens is 1. The van der Waals surface area contributed by atoms with Crippen LogP contribution in [0.3, 0.4) is 0 Å². The van der Waals surface area contributed by atoms with Crippen molar-refractivity contribution in [3.05, 3.63) is 51.2 Å². The van der Waals surface area contributed by atoms with E-state index in [9.17, 15) is 0 Å². The van der Waals surface area contributed by atoms with Crippen molar-refractivity contribution in [1.29, 1.82) is 0 Å². The van der Waals surface area contributed by atoms with Gasteiger partial charge >= 0.3 is 0 Å².